The van der Waals surface area contributed by atoms with Gasteiger partial charge in [0.2, 0.25) is 0 Å². The van der Waals surface area contributed by atoms with Gasteiger partial charge in [-0.15, -0.1) is 0 Å². The number of likely N-dealkylation sites (N-methyl/N-ethyl adjacent to an activating group) is 1. The van der Waals surface area contributed by atoms with Gasteiger partial charge in [-0.05, 0) is 32.9 Å². The van der Waals surface area contributed by atoms with Gasteiger partial charge in [0.1, 0.15) is 5.82 Å². The molecular formula is C14H24N6O. The van der Waals surface area contributed by atoms with Gasteiger partial charge < -0.3 is 16.0 Å². The summed E-state index contributed by atoms with van der Waals surface area (Å²) >= 11 is 0. The molecule has 1 aromatic heterocycles. The monoisotopic (exact) mass is 292 g/mol. The number of nitrogens with one attached hydrogen (secondary N) is 2. The van der Waals surface area contributed by atoms with Gasteiger partial charge in [-0.1, -0.05) is 6.92 Å². The van der Waals surface area contributed by atoms with Crippen molar-refractivity contribution >= 4 is 5.96 Å². The molecule has 1 fully saturated rings. The molecule has 1 aliphatic heterocycles. The number of rotatable bonds is 5. The van der Waals surface area contributed by atoms with Crippen molar-refractivity contribution in [1.29, 1.82) is 0 Å². The highest BCUT2D eigenvalue weighted by molar-refractivity contribution is 5.77. The minimum absolute atomic E-state index is 0.160. The van der Waals surface area contributed by atoms with Crippen LogP contribution < -0.4 is 16.6 Å². The van der Waals surface area contributed by atoms with Crippen LogP contribution in [-0.2, 0) is 6.54 Å². The van der Waals surface area contributed by atoms with Crippen LogP contribution in [0.2, 0.25) is 0 Å². The number of nitrogens with two attached hydrogens (primary N) is 1. The molecule has 2 heterocycles. The maximum atomic E-state index is 11.7. The number of guanidine groups is 1. The Hall–Kier alpha value is -1.89. The Balaban J connectivity index is 1.85. The quantitative estimate of drug-likeness (QED) is 0.523. The zero-order valence-corrected chi connectivity index (χ0v) is 12.7. The summed E-state index contributed by atoms with van der Waals surface area (Å²) in [5.41, 5.74) is 6.21. The molecule has 7 nitrogen and oxygen atoms in total. The number of H-pyrrole nitrogens is 1. The molecule has 0 radical (unpaired) electrons. The van der Waals surface area contributed by atoms with E-state index in [2.05, 4.69) is 32.1 Å². The maximum absolute atomic E-state index is 11.7. The molecule has 0 saturated carbocycles. The molecule has 0 aliphatic carbocycles. The number of nitrogens with zero attached hydrogens (tertiary/aromatic N) is 3. The summed E-state index contributed by atoms with van der Waals surface area (Å²) in [5.74, 6) is 0.970. The minimum Gasteiger partial charge on any atom is -0.370 e. The number of hydrogen-bond acceptors (Lipinski definition) is 4. The summed E-state index contributed by atoms with van der Waals surface area (Å²) in [4.78, 5) is 25.0. The van der Waals surface area contributed by atoms with Crippen molar-refractivity contribution in [2.24, 2.45) is 10.7 Å². The molecule has 0 aromatic carbocycles. The topological polar surface area (TPSA) is 99.4 Å². The Kier molecular flexibility index (Phi) is 5.32. The van der Waals surface area contributed by atoms with Crippen LogP contribution in [0.1, 0.15) is 31.2 Å². The van der Waals surface area contributed by atoms with E-state index in [1.54, 1.807) is 13.1 Å². The van der Waals surface area contributed by atoms with Crippen LogP contribution in [-0.4, -0.2) is 46.5 Å². The first-order valence-corrected chi connectivity index (χ1v) is 7.42. The Morgan fingerprint density at radius 3 is 3.19 bits per heavy atom. The number of aromatic nitrogens is 2. The van der Waals surface area contributed by atoms with Crippen molar-refractivity contribution in [3.63, 3.8) is 0 Å². The van der Waals surface area contributed by atoms with E-state index in [1.165, 1.54) is 12.8 Å². The minimum atomic E-state index is -0.160. The second-order valence-corrected chi connectivity index (χ2v) is 5.33. The van der Waals surface area contributed by atoms with Crippen molar-refractivity contribution in [3.05, 3.63) is 27.9 Å². The normalized spacial score (nSPS) is 19.9. The highest BCUT2D eigenvalue weighted by Gasteiger charge is 2.22. The largest absolute Gasteiger partial charge is 0.370 e. The van der Waals surface area contributed by atoms with E-state index in [-0.39, 0.29) is 12.1 Å². The van der Waals surface area contributed by atoms with Crippen LogP contribution >= 0.6 is 0 Å². The van der Waals surface area contributed by atoms with Crippen molar-refractivity contribution < 1.29 is 0 Å². The van der Waals surface area contributed by atoms with E-state index < -0.39 is 0 Å². The molecule has 7 heteroatoms. The van der Waals surface area contributed by atoms with E-state index in [1.807, 2.05) is 0 Å². The SMILES string of the molecule is CCN1CCCC1CNC(N)=NCc1cnc(C)[nH]c1=O. The van der Waals surface area contributed by atoms with Crippen LogP contribution in [0.4, 0.5) is 0 Å². The first-order valence-electron chi connectivity index (χ1n) is 7.42. The van der Waals surface area contributed by atoms with Gasteiger partial charge in [-0.2, -0.15) is 0 Å². The number of likely N-dealkylation sites (tertiary alicyclic amines) is 1. The number of aliphatic imine (C=N–C) groups is 1. The van der Waals surface area contributed by atoms with Crippen molar-refractivity contribution in [2.45, 2.75) is 39.3 Å². The molecule has 2 rings (SSSR count). The van der Waals surface area contributed by atoms with Crippen LogP contribution in [0.3, 0.4) is 0 Å². The maximum Gasteiger partial charge on any atom is 0.255 e. The third-order valence-corrected chi connectivity index (χ3v) is 3.84. The first-order chi connectivity index (χ1) is 10.1. The zero-order valence-electron chi connectivity index (χ0n) is 12.7. The molecule has 0 bridgehead atoms. The van der Waals surface area contributed by atoms with Crippen LogP contribution in [0, 0.1) is 6.92 Å². The van der Waals surface area contributed by atoms with Gasteiger partial charge in [0.25, 0.3) is 5.56 Å². The Morgan fingerprint density at radius 1 is 1.67 bits per heavy atom. The zero-order chi connectivity index (χ0) is 15.2. The molecule has 1 unspecified atom stereocenters. The average Bonchev–Trinajstić information content (AvgIpc) is 2.91. The smallest absolute Gasteiger partial charge is 0.255 e. The molecule has 1 aromatic rings. The Morgan fingerprint density at radius 2 is 2.48 bits per heavy atom. The second-order valence-electron chi connectivity index (χ2n) is 5.33. The number of aromatic amines is 1. The fourth-order valence-electron chi connectivity index (χ4n) is 2.61. The molecule has 1 atom stereocenters. The third kappa shape index (κ3) is 4.29. The van der Waals surface area contributed by atoms with Crippen molar-refractivity contribution in [3.8, 4) is 0 Å². The van der Waals surface area contributed by atoms with E-state index in [0.29, 0.717) is 23.4 Å². The van der Waals surface area contributed by atoms with Crippen molar-refractivity contribution in [1.82, 2.24) is 20.2 Å². The lowest BCUT2D eigenvalue weighted by atomic mass is 10.2. The van der Waals surface area contributed by atoms with Gasteiger partial charge in [-0.25, -0.2) is 9.98 Å². The lowest BCUT2D eigenvalue weighted by Crippen LogP contribution is -2.42. The fraction of sp³-hybridized carbons (Fsp3) is 0.643. The summed E-state index contributed by atoms with van der Waals surface area (Å²) in [7, 11) is 0. The van der Waals surface area contributed by atoms with Crippen LogP contribution in [0.5, 0.6) is 0 Å². The van der Waals surface area contributed by atoms with Crippen LogP contribution in [0.25, 0.3) is 0 Å². The fourth-order valence-corrected chi connectivity index (χ4v) is 2.61. The van der Waals surface area contributed by atoms with Gasteiger partial charge >= 0.3 is 0 Å². The molecule has 1 aliphatic rings. The summed E-state index contributed by atoms with van der Waals surface area (Å²) in [6.45, 7) is 7.17. The predicted molar refractivity (Wildman–Crippen MR) is 83.2 cm³/mol. The number of aryl methyl sites for hydroxylation is 1. The highest BCUT2D eigenvalue weighted by Crippen LogP contribution is 2.15. The lowest BCUT2D eigenvalue weighted by molar-refractivity contribution is 0.267. The highest BCUT2D eigenvalue weighted by atomic mass is 16.1. The van der Waals surface area contributed by atoms with E-state index in [0.717, 1.165) is 19.6 Å². The third-order valence-electron chi connectivity index (χ3n) is 3.84. The molecule has 4 N–H and O–H groups in total. The second kappa shape index (κ2) is 7.21. The van der Waals surface area contributed by atoms with Crippen molar-refractivity contribution in [2.75, 3.05) is 19.6 Å². The standard InChI is InChI=1S/C14H24N6O/c1-3-20-6-4-5-12(20)9-18-14(15)17-8-11-7-16-10(2)19-13(11)21/h7,12H,3-6,8-9H2,1-2H3,(H3,15,17,18)(H,16,19,21). The van der Waals surface area contributed by atoms with Gasteiger partial charge in [0.15, 0.2) is 5.96 Å². The van der Waals surface area contributed by atoms with Gasteiger partial charge in [0, 0.05) is 18.8 Å². The molecule has 116 valence electrons. The Bertz CT molecular complexity index is 553. The van der Waals surface area contributed by atoms with E-state index in [4.69, 9.17) is 5.73 Å². The van der Waals surface area contributed by atoms with Gasteiger partial charge in [0.05, 0.1) is 12.1 Å². The first kappa shape index (κ1) is 15.5. The van der Waals surface area contributed by atoms with E-state index >= 15 is 0 Å². The van der Waals surface area contributed by atoms with Gasteiger partial charge in [-0.3, -0.25) is 9.69 Å². The molecule has 0 amide bonds. The molecule has 0 spiro atoms. The Labute approximate surface area is 124 Å². The summed E-state index contributed by atoms with van der Waals surface area (Å²) in [5, 5.41) is 3.14. The average molecular weight is 292 g/mol. The molecular weight excluding hydrogens is 268 g/mol. The lowest BCUT2D eigenvalue weighted by Gasteiger charge is -2.23. The van der Waals surface area contributed by atoms with E-state index in [9.17, 15) is 4.79 Å². The predicted octanol–water partition coefficient (Wildman–Crippen LogP) is -0.0331. The van der Waals surface area contributed by atoms with Crippen LogP contribution in [0.15, 0.2) is 16.0 Å². The molecule has 21 heavy (non-hydrogen) atoms. The number of hydrogen-bond donors (Lipinski definition) is 3. The molecule has 1 saturated heterocycles. The summed E-state index contributed by atoms with van der Waals surface area (Å²) < 4.78 is 0. The summed E-state index contributed by atoms with van der Waals surface area (Å²) in [6.07, 6.45) is 3.97. The summed E-state index contributed by atoms with van der Waals surface area (Å²) in [6, 6.07) is 0.521.